The number of imidazole rings is 1. The van der Waals surface area contributed by atoms with Gasteiger partial charge in [0.15, 0.2) is 0 Å². The van der Waals surface area contributed by atoms with Gasteiger partial charge in [-0.05, 0) is 58.4 Å². The molecule has 10 heteroatoms. The number of rotatable bonds is 9. The fourth-order valence-electron chi connectivity index (χ4n) is 7.52. The Morgan fingerprint density at radius 3 is 1.55 bits per heavy atom. The van der Waals surface area contributed by atoms with Crippen molar-refractivity contribution in [3.8, 4) is 39.3 Å². The number of anilines is 3. The second-order valence-corrected chi connectivity index (χ2v) is 16.0. The van der Waals surface area contributed by atoms with E-state index in [1.165, 1.54) is 27.9 Å². The Labute approximate surface area is 413 Å². The van der Waals surface area contributed by atoms with Gasteiger partial charge < -0.3 is 12.5 Å². The Morgan fingerprint density at radius 2 is 1.00 bits per heavy atom. The summed E-state index contributed by atoms with van der Waals surface area (Å²) in [5.41, 5.74) is 21.6. The smallest absolute Gasteiger partial charge is 1.00 e. The zero-order chi connectivity index (χ0) is 46.1. The molecule has 0 saturated heterocycles. The second-order valence-electron chi connectivity index (χ2n) is 15.6. The summed E-state index contributed by atoms with van der Waals surface area (Å²) in [6.07, 6.45) is 0.833. The van der Waals surface area contributed by atoms with E-state index in [2.05, 4.69) is 177 Å². The van der Waals surface area contributed by atoms with E-state index in [1.54, 1.807) is 12.1 Å². The van der Waals surface area contributed by atoms with Crippen LogP contribution in [0, 0.1) is 0 Å². The number of nitrogens with one attached hydrogen (secondary N) is 1. The number of aldehydes is 1. The van der Waals surface area contributed by atoms with Crippen LogP contribution >= 0.6 is 0 Å². The number of aromatic nitrogens is 2. The fraction of sp³-hybridized carbons (Fsp3) is 0.107. The molecule has 0 amide bonds. The summed E-state index contributed by atoms with van der Waals surface area (Å²) in [5, 5.41) is 3.56. The maximum Gasteiger partial charge on any atom is 1.00 e. The van der Waals surface area contributed by atoms with Gasteiger partial charge in [0.2, 0.25) is 0 Å². The molecule has 8 aromatic carbocycles. The van der Waals surface area contributed by atoms with Gasteiger partial charge in [-0.15, -0.1) is 12.6 Å². The van der Waals surface area contributed by atoms with Gasteiger partial charge in [-0.1, -0.05) is 210 Å². The predicted molar refractivity (Wildman–Crippen MR) is 269 cm³/mol. The predicted octanol–water partition coefficient (Wildman–Crippen LogP) is 10.9. The number of fused-ring (bicyclic) bond motifs is 1. The summed E-state index contributed by atoms with van der Waals surface area (Å²) in [5.74, 6) is 1.83. The first-order valence-corrected chi connectivity index (χ1v) is 22.4. The van der Waals surface area contributed by atoms with Crippen molar-refractivity contribution in [3.63, 3.8) is 0 Å². The van der Waals surface area contributed by atoms with E-state index in [0.717, 1.165) is 62.5 Å². The van der Waals surface area contributed by atoms with Crippen LogP contribution in [-0.4, -0.2) is 28.5 Å². The molecular weight excluding hydrogens is 848 g/mol. The van der Waals surface area contributed by atoms with E-state index in [0.29, 0.717) is 11.8 Å². The molecule has 0 aliphatic heterocycles. The van der Waals surface area contributed by atoms with Crippen LogP contribution in [-0.2, 0) is 10.6 Å². The minimum absolute atomic E-state index is 0. The summed E-state index contributed by atoms with van der Waals surface area (Å²) in [7, 11) is -3.11. The summed E-state index contributed by atoms with van der Waals surface area (Å²) < 4.78 is 27.7. The zero-order valence-corrected chi connectivity index (χ0v) is 40.7. The molecule has 0 fully saturated rings. The van der Waals surface area contributed by atoms with Crippen molar-refractivity contribution < 1.29 is 48.4 Å². The number of benzene rings is 8. The number of para-hydroxylation sites is 4. The first-order valence-electron chi connectivity index (χ1n) is 21.4. The van der Waals surface area contributed by atoms with Gasteiger partial charge in [-0.3, -0.25) is 9.36 Å². The van der Waals surface area contributed by atoms with Crippen molar-refractivity contribution >= 4 is 45.0 Å². The van der Waals surface area contributed by atoms with E-state index in [4.69, 9.17) is 23.3 Å². The molecule has 0 atom stereocenters. The number of hydrogen-bond donors (Lipinski definition) is 2. The van der Waals surface area contributed by atoms with Crippen LogP contribution in [0.3, 0.4) is 0 Å². The topological polar surface area (TPSA) is 124 Å². The van der Waals surface area contributed by atoms with E-state index in [1.807, 2.05) is 54.6 Å². The third-order valence-electron chi connectivity index (χ3n) is 10.6. The third-order valence-corrected chi connectivity index (χ3v) is 10.6. The molecule has 0 aliphatic carbocycles. The van der Waals surface area contributed by atoms with Crippen molar-refractivity contribution in [3.05, 3.63) is 223 Å². The molecule has 0 bridgehead atoms. The largest absolute Gasteiger partial charge is 1.00 e. The molecule has 8 nitrogen and oxygen atoms in total. The van der Waals surface area contributed by atoms with Crippen molar-refractivity contribution in [1.82, 2.24) is 9.55 Å². The van der Waals surface area contributed by atoms with E-state index in [9.17, 15) is 4.79 Å². The monoisotopic (exact) mass is 900 g/mol. The normalized spacial score (nSPS) is 10.3. The summed E-state index contributed by atoms with van der Waals surface area (Å²) in [6.45, 7) is 8.90. The van der Waals surface area contributed by atoms with Crippen molar-refractivity contribution in [2.24, 2.45) is 0 Å². The average Bonchev–Trinajstić information content (AvgIpc) is 3.74. The first-order chi connectivity index (χ1) is 31.6. The Hall–Kier alpha value is -6.88. The molecule has 66 heavy (non-hydrogen) atoms. The first kappa shape index (κ1) is 50.1. The van der Waals surface area contributed by atoms with Crippen LogP contribution in [0.2, 0.25) is 0 Å². The van der Waals surface area contributed by atoms with Gasteiger partial charge >= 0.3 is 40.2 Å². The van der Waals surface area contributed by atoms with Crippen LogP contribution in [0.1, 0.15) is 62.4 Å². The zero-order valence-electron chi connectivity index (χ0n) is 38.9. The molecule has 3 N–H and O–H groups in total. The van der Waals surface area contributed by atoms with Crippen LogP contribution in [0.5, 0.6) is 0 Å². The van der Waals surface area contributed by atoms with Gasteiger partial charge in [0.1, 0.15) is 12.1 Å². The SMILES string of the molecule is CC(C)c1ccccc1-n1c(-c2ccccc2)nc2cccc(-c3ccccc3)c21.CC(C)c1ccccc1Nc1c(N)cccc1-c1ccccc1.O=Cc1ccccc1.O=S(=O)=O.[H-].[Na+]. The van der Waals surface area contributed by atoms with E-state index < -0.39 is 10.6 Å². The van der Waals surface area contributed by atoms with Gasteiger partial charge in [-0.2, -0.15) is 0 Å². The molecule has 0 spiro atoms. The van der Waals surface area contributed by atoms with E-state index in [-0.39, 0.29) is 31.0 Å². The third kappa shape index (κ3) is 13.1. The van der Waals surface area contributed by atoms with Crippen molar-refractivity contribution in [2.45, 2.75) is 39.5 Å². The molecule has 9 rings (SSSR count). The number of hydrogen-bond acceptors (Lipinski definition) is 7. The van der Waals surface area contributed by atoms with Gasteiger partial charge in [0.05, 0.1) is 28.1 Å². The summed E-state index contributed by atoms with van der Waals surface area (Å²) in [6, 6.07) is 70.0. The Bertz CT molecular complexity index is 3060. The molecule has 0 radical (unpaired) electrons. The number of nitrogen functional groups attached to an aromatic ring is 1. The summed E-state index contributed by atoms with van der Waals surface area (Å²) in [4.78, 5) is 15.1. The maximum absolute atomic E-state index is 10.0. The van der Waals surface area contributed by atoms with Crippen molar-refractivity contribution in [1.29, 1.82) is 0 Å². The van der Waals surface area contributed by atoms with Crippen LogP contribution in [0.15, 0.2) is 206 Å². The molecule has 9 aromatic rings. The van der Waals surface area contributed by atoms with E-state index >= 15 is 0 Å². The Balaban J connectivity index is 0.000000234. The molecule has 328 valence electrons. The minimum atomic E-state index is -3.11. The quantitative estimate of drug-likeness (QED) is 0.0840. The molecular formula is C56H53N4NaO4S. The van der Waals surface area contributed by atoms with Crippen LogP contribution in [0.4, 0.5) is 17.1 Å². The second kappa shape index (κ2) is 25.0. The Kier molecular flexibility index (Phi) is 19.0. The summed E-state index contributed by atoms with van der Waals surface area (Å²) >= 11 is 0. The number of nitrogens with zero attached hydrogens (tertiary/aromatic N) is 2. The number of carbonyl (C=O) groups is 1. The number of carbonyl (C=O) groups excluding carboxylic acids is 1. The van der Waals surface area contributed by atoms with Gasteiger partial charge in [0, 0.05) is 27.9 Å². The average molecular weight is 901 g/mol. The van der Waals surface area contributed by atoms with Gasteiger partial charge in [-0.25, -0.2) is 4.98 Å². The molecule has 1 heterocycles. The standard InChI is InChI=1S/C28H24N2.C21H22N2.C7H6O.Na.O3S.H/c1-20(2)23-16-9-10-19-26(23)30-27-24(21-12-5-3-6-13-21)17-11-18-25(27)29-28(30)22-14-7-4-8-15-22;1-15(2)17-11-6-7-14-20(17)23-21-18(12-8-13-19(21)22)16-9-4-3-5-10-16;8-6-7-4-2-1-3-5-7;;1-4(2)3;/h3-20H,1-2H3;3-15,23H,22H2,1-2H3;1-6H;;;/q;;;+1;;-1. The number of nitrogens with two attached hydrogens (primary N) is 1. The molecule has 0 unspecified atom stereocenters. The van der Waals surface area contributed by atoms with Gasteiger partial charge in [0.25, 0.3) is 0 Å². The van der Waals surface area contributed by atoms with Crippen molar-refractivity contribution in [2.75, 3.05) is 11.1 Å². The minimum Gasteiger partial charge on any atom is -1.00 e. The molecule has 0 saturated carbocycles. The molecule has 0 aliphatic rings. The van der Waals surface area contributed by atoms with Crippen LogP contribution in [0.25, 0.3) is 50.4 Å². The molecule has 1 aromatic heterocycles. The Morgan fingerprint density at radius 1 is 0.545 bits per heavy atom. The van der Waals surface area contributed by atoms with Crippen LogP contribution < -0.4 is 40.6 Å². The maximum atomic E-state index is 10.0. The fourth-order valence-corrected chi connectivity index (χ4v) is 7.52.